The minimum atomic E-state index is -0.746. The molecule has 2 heteroatoms. The summed E-state index contributed by atoms with van der Waals surface area (Å²) in [5.41, 5.74) is 2.25. The molecule has 0 aliphatic heterocycles. The van der Waals surface area contributed by atoms with Crippen molar-refractivity contribution < 1.29 is 9.90 Å². The quantitative estimate of drug-likeness (QED) is 0.699. The minimum absolute atomic E-state index is 0.162. The van der Waals surface area contributed by atoms with E-state index in [1.807, 2.05) is 12.2 Å². The molecule has 82 valence electrons. The number of unbranched alkanes of at least 4 members (excludes halogenated alkanes) is 2. The van der Waals surface area contributed by atoms with Gasteiger partial charge in [-0.2, -0.15) is 0 Å². The number of hydrogen-bond donors (Lipinski definition) is 1. The Morgan fingerprint density at radius 2 is 2.40 bits per heavy atom. The second-order valence-electron chi connectivity index (χ2n) is 3.85. The predicted molar refractivity (Wildman–Crippen MR) is 61.7 cm³/mol. The zero-order chi connectivity index (χ0) is 11.1. The van der Waals surface area contributed by atoms with Gasteiger partial charge in [0.25, 0.3) is 0 Å². The Labute approximate surface area is 91.0 Å². The molecule has 0 saturated carbocycles. The van der Waals surface area contributed by atoms with Gasteiger partial charge >= 0.3 is 5.97 Å². The van der Waals surface area contributed by atoms with Gasteiger partial charge in [0.2, 0.25) is 0 Å². The van der Waals surface area contributed by atoms with Crippen LogP contribution >= 0.6 is 0 Å². The molecule has 0 saturated heterocycles. The predicted octanol–water partition coefficient (Wildman–Crippen LogP) is 3.46. The summed E-state index contributed by atoms with van der Waals surface area (Å²) >= 11 is 0. The molecule has 0 atom stereocenters. The minimum Gasteiger partial charge on any atom is -0.481 e. The van der Waals surface area contributed by atoms with Gasteiger partial charge in [0, 0.05) is 0 Å². The number of aliphatic carboxylic acids is 1. The zero-order valence-electron chi connectivity index (χ0n) is 9.20. The van der Waals surface area contributed by atoms with Gasteiger partial charge in [-0.3, -0.25) is 4.79 Å². The molecule has 1 aliphatic carbocycles. The van der Waals surface area contributed by atoms with E-state index in [1.165, 1.54) is 18.4 Å². The Balaban J connectivity index is 2.47. The van der Waals surface area contributed by atoms with Crippen molar-refractivity contribution in [3.63, 3.8) is 0 Å². The number of rotatable bonds is 5. The molecule has 1 N–H and O–H groups in total. The summed E-state index contributed by atoms with van der Waals surface area (Å²) in [6, 6.07) is 0. The van der Waals surface area contributed by atoms with Crippen LogP contribution in [0.15, 0.2) is 35.5 Å². The average Bonchev–Trinajstić information content (AvgIpc) is 2.18. The van der Waals surface area contributed by atoms with Crippen molar-refractivity contribution in [2.24, 2.45) is 0 Å². The molecule has 2 nitrogen and oxygen atoms in total. The molecule has 0 aromatic carbocycles. The third-order valence-corrected chi connectivity index (χ3v) is 2.42. The highest BCUT2D eigenvalue weighted by Crippen LogP contribution is 2.21. The van der Waals surface area contributed by atoms with Crippen LogP contribution in [0.3, 0.4) is 0 Å². The summed E-state index contributed by atoms with van der Waals surface area (Å²) in [5.74, 6) is -0.746. The number of hydrogen-bond acceptors (Lipinski definition) is 1. The number of carboxylic acid groups (broad SMARTS) is 1. The lowest BCUT2D eigenvalue weighted by Gasteiger charge is -2.09. The third kappa shape index (κ3) is 4.63. The first-order chi connectivity index (χ1) is 7.22. The van der Waals surface area contributed by atoms with Crippen molar-refractivity contribution in [1.29, 1.82) is 0 Å². The van der Waals surface area contributed by atoms with E-state index in [9.17, 15) is 4.79 Å². The first-order valence-corrected chi connectivity index (χ1v) is 5.49. The van der Waals surface area contributed by atoms with Gasteiger partial charge in [-0.25, -0.2) is 0 Å². The molecular weight excluding hydrogens is 188 g/mol. The Kier molecular flexibility index (Phi) is 4.88. The van der Waals surface area contributed by atoms with Crippen LogP contribution in [-0.4, -0.2) is 11.1 Å². The lowest BCUT2D eigenvalue weighted by Crippen LogP contribution is -2.00. The zero-order valence-corrected chi connectivity index (χ0v) is 9.20. The number of carbonyl (C=O) groups is 1. The number of allylic oxidation sites excluding steroid dienone is 5. The van der Waals surface area contributed by atoms with E-state index in [0.717, 1.165) is 18.4 Å². The fourth-order valence-electron chi connectivity index (χ4n) is 1.64. The van der Waals surface area contributed by atoms with Gasteiger partial charge in [-0.15, -0.1) is 0 Å². The summed E-state index contributed by atoms with van der Waals surface area (Å²) in [5, 5.41) is 8.68. The van der Waals surface area contributed by atoms with Gasteiger partial charge in [0.05, 0.1) is 6.42 Å². The van der Waals surface area contributed by atoms with E-state index >= 15 is 0 Å². The topological polar surface area (TPSA) is 37.3 Å². The Hall–Kier alpha value is -1.31. The van der Waals surface area contributed by atoms with Crippen LogP contribution in [0.2, 0.25) is 0 Å². The largest absolute Gasteiger partial charge is 0.481 e. The fraction of sp³-hybridized carbons (Fsp3) is 0.462. The molecular formula is C13H18O2. The highest BCUT2D eigenvalue weighted by Gasteiger charge is 2.07. The van der Waals surface area contributed by atoms with Gasteiger partial charge in [-0.1, -0.05) is 49.6 Å². The maximum Gasteiger partial charge on any atom is 0.307 e. The van der Waals surface area contributed by atoms with Gasteiger partial charge in [0.1, 0.15) is 0 Å². The van der Waals surface area contributed by atoms with Crippen LogP contribution in [0.5, 0.6) is 0 Å². The molecule has 0 bridgehead atoms. The summed E-state index contributed by atoms with van der Waals surface area (Å²) in [7, 11) is 0. The maximum atomic E-state index is 10.6. The highest BCUT2D eigenvalue weighted by atomic mass is 16.4. The van der Waals surface area contributed by atoms with Crippen LogP contribution in [0, 0.1) is 0 Å². The smallest absolute Gasteiger partial charge is 0.307 e. The van der Waals surface area contributed by atoms with Crippen molar-refractivity contribution in [2.45, 2.75) is 39.0 Å². The summed E-state index contributed by atoms with van der Waals surface area (Å²) < 4.78 is 0. The first-order valence-electron chi connectivity index (χ1n) is 5.49. The SMILES string of the molecule is CCCCC=C1C=CC=C(CC(=O)O)C1. The molecule has 1 aliphatic rings. The fourth-order valence-corrected chi connectivity index (χ4v) is 1.64. The molecule has 0 aromatic heterocycles. The molecule has 0 unspecified atom stereocenters. The number of carboxylic acids is 1. The second-order valence-corrected chi connectivity index (χ2v) is 3.85. The van der Waals surface area contributed by atoms with Crippen molar-refractivity contribution in [3.8, 4) is 0 Å². The molecule has 0 amide bonds. The van der Waals surface area contributed by atoms with Gasteiger partial charge in [-0.05, 0) is 18.4 Å². The van der Waals surface area contributed by atoms with E-state index in [1.54, 1.807) is 0 Å². The average molecular weight is 206 g/mol. The summed E-state index contributed by atoms with van der Waals surface area (Å²) in [6.45, 7) is 2.17. The Morgan fingerprint density at radius 1 is 1.60 bits per heavy atom. The van der Waals surface area contributed by atoms with Crippen molar-refractivity contribution in [2.75, 3.05) is 0 Å². The lowest BCUT2D eigenvalue weighted by molar-refractivity contribution is -0.136. The molecule has 0 spiro atoms. The van der Waals surface area contributed by atoms with Crippen LogP contribution in [0.4, 0.5) is 0 Å². The van der Waals surface area contributed by atoms with Crippen LogP contribution < -0.4 is 0 Å². The maximum absolute atomic E-state index is 10.6. The van der Waals surface area contributed by atoms with Crippen molar-refractivity contribution in [1.82, 2.24) is 0 Å². The van der Waals surface area contributed by atoms with Crippen LogP contribution in [0.1, 0.15) is 39.0 Å². The van der Waals surface area contributed by atoms with Crippen molar-refractivity contribution >= 4 is 5.97 Å². The van der Waals surface area contributed by atoms with E-state index < -0.39 is 5.97 Å². The van der Waals surface area contributed by atoms with Crippen LogP contribution in [0.25, 0.3) is 0 Å². The monoisotopic (exact) mass is 206 g/mol. The first kappa shape index (κ1) is 11.8. The van der Waals surface area contributed by atoms with Gasteiger partial charge < -0.3 is 5.11 Å². The normalized spacial score (nSPS) is 17.9. The molecule has 0 aromatic rings. The van der Waals surface area contributed by atoms with E-state index in [4.69, 9.17) is 5.11 Å². The Bertz CT molecular complexity index is 308. The van der Waals surface area contributed by atoms with Gasteiger partial charge in [0.15, 0.2) is 0 Å². The van der Waals surface area contributed by atoms with Crippen LogP contribution in [-0.2, 0) is 4.79 Å². The summed E-state index contributed by atoms with van der Waals surface area (Å²) in [6.07, 6.45) is 12.6. The Morgan fingerprint density at radius 3 is 3.07 bits per heavy atom. The van der Waals surface area contributed by atoms with E-state index in [0.29, 0.717) is 0 Å². The lowest BCUT2D eigenvalue weighted by atomic mass is 9.96. The summed E-state index contributed by atoms with van der Waals surface area (Å²) in [4.78, 5) is 10.6. The molecule has 0 heterocycles. The van der Waals surface area contributed by atoms with E-state index in [2.05, 4.69) is 19.1 Å². The van der Waals surface area contributed by atoms with Crippen molar-refractivity contribution in [3.05, 3.63) is 35.5 Å². The highest BCUT2D eigenvalue weighted by molar-refractivity contribution is 5.70. The molecule has 15 heavy (non-hydrogen) atoms. The van der Waals surface area contributed by atoms with E-state index in [-0.39, 0.29) is 6.42 Å². The molecule has 0 radical (unpaired) electrons. The molecule has 1 rings (SSSR count). The standard InChI is InChI=1S/C13H18O2/c1-2-3-4-6-11-7-5-8-12(9-11)10-13(14)15/h5-8H,2-4,9-10H2,1H3,(H,14,15). The second kappa shape index (κ2) is 6.23. The third-order valence-electron chi connectivity index (χ3n) is 2.42. The molecule has 0 fully saturated rings.